The van der Waals surface area contributed by atoms with Crippen LogP contribution in [0, 0.1) is 11.6 Å². The third-order valence-corrected chi connectivity index (χ3v) is 3.66. The fraction of sp³-hybridized carbons (Fsp3) is 0.0667. The first-order valence-electron chi connectivity index (χ1n) is 6.10. The number of para-hydroxylation sites is 2. The summed E-state index contributed by atoms with van der Waals surface area (Å²) >= 11 is 1.05. The second-order valence-corrected chi connectivity index (χ2v) is 5.21. The maximum absolute atomic E-state index is 13.5. The second-order valence-electron chi connectivity index (χ2n) is 4.28. The third kappa shape index (κ3) is 2.95. The highest BCUT2D eigenvalue weighted by atomic mass is 32.2. The molecule has 0 aliphatic carbocycles. The SMILES string of the molecule is O=C(CSc1nc2ccccc2o1)c1cc(F)ccc1F. The Bertz CT molecular complexity index is 783. The van der Waals surface area contributed by atoms with Gasteiger partial charge in [-0.3, -0.25) is 4.79 Å². The van der Waals surface area contributed by atoms with Gasteiger partial charge in [0.05, 0.1) is 11.3 Å². The Morgan fingerprint density at radius 2 is 2.00 bits per heavy atom. The van der Waals surface area contributed by atoms with Gasteiger partial charge in [0.25, 0.3) is 5.22 Å². The fourth-order valence-electron chi connectivity index (χ4n) is 1.83. The highest BCUT2D eigenvalue weighted by Gasteiger charge is 2.15. The molecule has 0 fully saturated rings. The lowest BCUT2D eigenvalue weighted by atomic mass is 10.1. The Balaban J connectivity index is 1.74. The van der Waals surface area contributed by atoms with E-state index in [1.54, 1.807) is 12.1 Å². The van der Waals surface area contributed by atoms with E-state index in [-0.39, 0.29) is 11.3 Å². The number of aromatic nitrogens is 1. The van der Waals surface area contributed by atoms with Crippen LogP contribution in [0.25, 0.3) is 11.1 Å². The van der Waals surface area contributed by atoms with Crippen molar-refractivity contribution < 1.29 is 18.0 Å². The minimum atomic E-state index is -0.737. The van der Waals surface area contributed by atoms with Crippen LogP contribution in [0.5, 0.6) is 0 Å². The van der Waals surface area contributed by atoms with E-state index in [1.165, 1.54) is 0 Å². The first-order valence-corrected chi connectivity index (χ1v) is 7.08. The topological polar surface area (TPSA) is 43.1 Å². The normalized spacial score (nSPS) is 11.0. The number of benzene rings is 2. The standard InChI is InChI=1S/C15H9F2NO2S/c16-9-5-6-11(17)10(7-9)13(19)8-21-15-18-12-3-1-2-4-14(12)20-15/h1-7H,8H2. The number of nitrogens with zero attached hydrogens (tertiary/aromatic N) is 1. The molecule has 6 heteroatoms. The van der Waals surface area contributed by atoms with Crippen LogP contribution in [0.2, 0.25) is 0 Å². The number of rotatable bonds is 4. The number of ketones is 1. The van der Waals surface area contributed by atoms with Gasteiger partial charge in [-0.15, -0.1) is 0 Å². The molecule has 0 N–H and O–H groups in total. The molecule has 1 heterocycles. The Morgan fingerprint density at radius 1 is 1.19 bits per heavy atom. The molecule has 0 radical (unpaired) electrons. The molecule has 0 aliphatic heterocycles. The van der Waals surface area contributed by atoms with Crippen LogP contribution in [-0.4, -0.2) is 16.5 Å². The zero-order valence-corrected chi connectivity index (χ0v) is 11.5. The van der Waals surface area contributed by atoms with Gasteiger partial charge in [0.1, 0.15) is 17.2 Å². The molecule has 106 valence electrons. The van der Waals surface area contributed by atoms with Gasteiger partial charge in [0.15, 0.2) is 11.4 Å². The molecule has 3 rings (SSSR count). The average molecular weight is 305 g/mol. The van der Waals surface area contributed by atoms with Crippen molar-refractivity contribution in [1.82, 2.24) is 4.98 Å². The lowest BCUT2D eigenvalue weighted by Gasteiger charge is -2.01. The summed E-state index contributed by atoms with van der Waals surface area (Å²) in [6.45, 7) is 0. The van der Waals surface area contributed by atoms with Crippen molar-refractivity contribution in [3.05, 3.63) is 59.7 Å². The van der Waals surface area contributed by atoms with E-state index in [0.29, 0.717) is 16.3 Å². The van der Waals surface area contributed by atoms with Gasteiger partial charge in [-0.1, -0.05) is 23.9 Å². The molecule has 3 aromatic rings. The average Bonchev–Trinajstić information content (AvgIpc) is 2.90. The lowest BCUT2D eigenvalue weighted by molar-refractivity contribution is 0.101. The Kier molecular flexibility index (Phi) is 3.70. The predicted molar refractivity (Wildman–Crippen MR) is 75.4 cm³/mol. The molecule has 0 spiro atoms. The van der Waals surface area contributed by atoms with Crippen molar-refractivity contribution in [3.8, 4) is 0 Å². The maximum Gasteiger partial charge on any atom is 0.257 e. The zero-order chi connectivity index (χ0) is 14.8. The van der Waals surface area contributed by atoms with E-state index in [2.05, 4.69) is 4.98 Å². The Labute approximate surface area is 123 Å². The maximum atomic E-state index is 13.5. The predicted octanol–water partition coefficient (Wildman–Crippen LogP) is 4.08. The molecule has 0 saturated carbocycles. The van der Waals surface area contributed by atoms with Gasteiger partial charge >= 0.3 is 0 Å². The van der Waals surface area contributed by atoms with Crippen molar-refractivity contribution in [3.63, 3.8) is 0 Å². The fourth-order valence-corrected chi connectivity index (χ4v) is 2.55. The summed E-state index contributed by atoms with van der Waals surface area (Å²) in [4.78, 5) is 16.1. The van der Waals surface area contributed by atoms with E-state index in [4.69, 9.17) is 4.42 Å². The number of halogens is 2. The smallest absolute Gasteiger partial charge is 0.257 e. The van der Waals surface area contributed by atoms with E-state index in [9.17, 15) is 13.6 Å². The molecule has 0 aliphatic rings. The van der Waals surface area contributed by atoms with E-state index in [0.717, 1.165) is 30.0 Å². The summed E-state index contributed by atoms with van der Waals surface area (Å²) in [5.41, 5.74) is 1.03. The minimum Gasteiger partial charge on any atom is -0.431 e. The summed E-state index contributed by atoms with van der Waals surface area (Å²) < 4.78 is 32.0. The van der Waals surface area contributed by atoms with Gasteiger partial charge in [0, 0.05) is 0 Å². The first kappa shape index (κ1) is 13.8. The van der Waals surface area contributed by atoms with Crippen LogP contribution in [0.3, 0.4) is 0 Å². The van der Waals surface area contributed by atoms with Crippen LogP contribution in [0.15, 0.2) is 52.1 Å². The van der Waals surface area contributed by atoms with E-state index >= 15 is 0 Å². The highest BCUT2D eigenvalue weighted by Crippen LogP contribution is 2.24. The molecule has 0 amide bonds. The number of fused-ring (bicyclic) bond motifs is 1. The van der Waals surface area contributed by atoms with Crippen molar-refractivity contribution in [1.29, 1.82) is 0 Å². The van der Waals surface area contributed by atoms with Crippen molar-refractivity contribution in [2.75, 3.05) is 5.75 Å². The summed E-state index contributed by atoms with van der Waals surface area (Å²) in [5.74, 6) is -1.97. The molecule has 2 aromatic carbocycles. The summed E-state index contributed by atoms with van der Waals surface area (Å²) in [7, 11) is 0. The molecule has 0 atom stereocenters. The van der Waals surface area contributed by atoms with Crippen LogP contribution in [0.1, 0.15) is 10.4 Å². The summed E-state index contributed by atoms with van der Waals surface area (Å²) in [6, 6.07) is 10.00. The minimum absolute atomic E-state index is 0.0762. The summed E-state index contributed by atoms with van der Waals surface area (Å²) in [5, 5.41) is 0.321. The largest absolute Gasteiger partial charge is 0.431 e. The number of carbonyl (C=O) groups excluding carboxylic acids is 1. The first-order chi connectivity index (χ1) is 10.1. The molecule has 0 unspecified atom stereocenters. The van der Waals surface area contributed by atoms with Gasteiger partial charge in [-0.25, -0.2) is 13.8 Å². The quantitative estimate of drug-likeness (QED) is 0.538. The van der Waals surface area contributed by atoms with E-state index in [1.807, 2.05) is 12.1 Å². The molecular weight excluding hydrogens is 296 g/mol. The molecule has 3 nitrogen and oxygen atoms in total. The molecular formula is C15H9F2NO2S. The number of thioether (sulfide) groups is 1. The number of hydrogen-bond donors (Lipinski definition) is 0. The number of hydrogen-bond acceptors (Lipinski definition) is 4. The Morgan fingerprint density at radius 3 is 2.81 bits per heavy atom. The van der Waals surface area contributed by atoms with E-state index < -0.39 is 17.4 Å². The van der Waals surface area contributed by atoms with Crippen molar-refractivity contribution >= 4 is 28.6 Å². The lowest BCUT2D eigenvalue weighted by Crippen LogP contribution is -2.06. The van der Waals surface area contributed by atoms with Gasteiger partial charge < -0.3 is 4.42 Å². The van der Waals surface area contributed by atoms with Crippen molar-refractivity contribution in [2.24, 2.45) is 0 Å². The second kappa shape index (κ2) is 5.65. The van der Waals surface area contributed by atoms with Crippen LogP contribution >= 0.6 is 11.8 Å². The zero-order valence-electron chi connectivity index (χ0n) is 10.7. The third-order valence-electron chi connectivity index (χ3n) is 2.83. The van der Waals surface area contributed by atoms with Crippen LogP contribution in [0.4, 0.5) is 8.78 Å². The molecule has 1 aromatic heterocycles. The molecule has 21 heavy (non-hydrogen) atoms. The van der Waals surface area contributed by atoms with Crippen molar-refractivity contribution in [2.45, 2.75) is 5.22 Å². The Hall–Kier alpha value is -2.21. The monoisotopic (exact) mass is 305 g/mol. The number of carbonyl (C=O) groups is 1. The molecule has 0 bridgehead atoms. The summed E-state index contributed by atoms with van der Waals surface area (Å²) in [6.07, 6.45) is 0. The highest BCUT2D eigenvalue weighted by molar-refractivity contribution is 7.99. The number of Topliss-reactive ketones (excluding diaryl/α,β-unsaturated/α-hetero) is 1. The van der Waals surface area contributed by atoms with Crippen LogP contribution in [-0.2, 0) is 0 Å². The van der Waals surface area contributed by atoms with Gasteiger partial charge in [-0.2, -0.15) is 0 Å². The van der Waals surface area contributed by atoms with Crippen LogP contribution < -0.4 is 0 Å². The van der Waals surface area contributed by atoms with Gasteiger partial charge in [-0.05, 0) is 30.3 Å². The van der Waals surface area contributed by atoms with Gasteiger partial charge in [0.2, 0.25) is 0 Å². The molecule has 0 saturated heterocycles. The number of oxazole rings is 1.